The SMILES string of the molecule is c1ccc(-c2ccc3c(c2)c2ccccc2c2c4ccc(-c5ccc6oc7c8ccccc8ccc7c6c5)cc4c4ccccc4c32)cc1. The first-order valence-corrected chi connectivity index (χ1v) is 16.9. The van der Waals surface area contributed by atoms with E-state index in [1.54, 1.807) is 0 Å². The molecule has 10 aromatic carbocycles. The molecule has 1 heterocycles. The highest BCUT2D eigenvalue weighted by atomic mass is 16.3. The van der Waals surface area contributed by atoms with E-state index in [4.69, 9.17) is 4.42 Å². The molecule has 0 spiro atoms. The molecule has 0 saturated carbocycles. The molecule has 0 radical (unpaired) electrons. The van der Waals surface area contributed by atoms with Crippen LogP contribution in [0.3, 0.4) is 0 Å². The van der Waals surface area contributed by atoms with Crippen molar-refractivity contribution in [3.05, 3.63) is 170 Å². The normalized spacial score (nSPS) is 12.1. The molecule has 0 N–H and O–H groups in total. The summed E-state index contributed by atoms with van der Waals surface area (Å²) in [5.41, 5.74) is 6.73. The lowest BCUT2D eigenvalue weighted by atomic mass is 9.85. The quantitative estimate of drug-likeness (QED) is 0.175. The number of furan rings is 1. The van der Waals surface area contributed by atoms with Crippen molar-refractivity contribution < 1.29 is 4.42 Å². The third-order valence-electron chi connectivity index (χ3n) is 10.6. The predicted molar refractivity (Wildman–Crippen MR) is 210 cm³/mol. The third kappa shape index (κ3) is 3.82. The molecule has 226 valence electrons. The fourth-order valence-corrected chi connectivity index (χ4v) is 8.34. The molecule has 11 aromatic rings. The minimum absolute atomic E-state index is 0.918. The monoisotopic (exact) mass is 620 g/mol. The lowest BCUT2D eigenvalue weighted by Gasteiger charge is -2.17. The highest BCUT2D eigenvalue weighted by Crippen LogP contribution is 2.46. The van der Waals surface area contributed by atoms with Gasteiger partial charge in [0.25, 0.3) is 0 Å². The zero-order valence-corrected chi connectivity index (χ0v) is 26.6. The van der Waals surface area contributed by atoms with Gasteiger partial charge in [-0.25, -0.2) is 0 Å². The van der Waals surface area contributed by atoms with Gasteiger partial charge in [-0.1, -0.05) is 140 Å². The summed E-state index contributed by atoms with van der Waals surface area (Å²) in [6, 6.07) is 62.1. The average Bonchev–Trinajstić information content (AvgIpc) is 3.56. The van der Waals surface area contributed by atoms with Crippen LogP contribution in [0.15, 0.2) is 174 Å². The molecule has 1 nitrogen and oxygen atoms in total. The maximum absolute atomic E-state index is 6.44. The zero-order valence-electron chi connectivity index (χ0n) is 26.6. The number of hydrogen-bond donors (Lipinski definition) is 0. The topological polar surface area (TPSA) is 13.1 Å². The maximum atomic E-state index is 6.44. The first-order valence-electron chi connectivity index (χ1n) is 16.9. The van der Waals surface area contributed by atoms with Gasteiger partial charge in [0, 0.05) is 16.2 Å². The highest BCUT2D eigenvalue weighted by Gasteiger charge is 2.18. The summed E-state index contributed by atoms with van der Waals surface area (Å²) in [5, 5.41) is 17.6. The predicted octanol–water partition coefficient (Wildman–Crippen LogP) is 13.8. The Hall–Kier alpha value is -6.44. The molecule has 0 atom stereocenters. The minimum atomic E-state index is 0.918. The summed E-state index contributed by atoms with van der Waals surface area (Å²) in [6.45, 7) is 0. The molecule has 0 aliphatic carbocycles. The number of rotatable bonds is 2. The molecule has 0 amide bonds. The van der Waals surface area contributed by atoms with Crippen molar-refractivity contribution in [2.75, 3.05) is 0 Å². The van der Waals surface area contributed by atoms with Crippen LogP contribution >= 0.6 is 0 Å². The summed E-state index contributed by atoms with van der Waals surface area (Å²) in [4.78, 5) is 0. The second-order valence-corrected chi connectivity index (χ2v) is 13.2. The zero-order chi connectivity index (χ0) is 32.1. The van der Waals surface area contributed by atoms with Gasteiger partial charge in [-0.3, -0.25) is 0 Å². The van der Waals surface area contributed by atoms with Crippen LogP contribution in [0.1, 0.15) is 0 Å². The molecule has 1 heteroatoms. The maximum Gasteiger partial charge on any atom is 0.143 e. The van der Waals surface area contributed by atoms with Crippen molar-refractivity contribution in [3.8, 4) is 22.3 Å². The van der Waals surface area contributed by atoms with Crippen LogP contribution in [-0.2, 0) is 0 Å². The molecule has 0 aliphatic heterocycles. The van der Waals surface area contributed by atoms with Gasteiger partial charge < -0.3 is 4.42 Å². The van der Waals surface area contributed by atoms with Gasteiger partial charge in [0.2, 0.25) is 0 Å². The fourth-order valence-electron chi connectivity index (χ4n) is 8.34. The molecule has 0 aliphatic rings. The third-order valence-corrected chi connectivity index (χ3v) is 10.6. The van der Waals surface area contributed by atoms with Crippen LogP contribution in [0.2, 0.25) is 0 Å². The van der Waals surface area contributed by atoms with Crippen molar-refractivity contribution in [2.24, 2.45) is 0 Å². The molecule has 0 saturated heterocycles. The Morgan fingerprint density at radius 3 is 1.39 bits per heavy atom. The van der Waals surface area contributed by atoms with Gasteiger partial charge >= 0.3 is 0 Å². The lowest BCUT2D eigenvalue weighted by Crippen LogP contribution is -1.90. The number of hydrogen-bond acceptors (Lipinski definition) is 1. The minimum Gasteiger partial charge on any atom is -0.455 e. The van der Waals surface area contributed by atoms with Gasteiger partial charge in [0.05, 0.1) is 0 Å². The fraction of sp³-hybridized carbons (Fsp3) is 0. The Bertz CT molecular complexity index is 3150. The van der Waals surface area contributed by atoms with Crippen molar-refractivity contribution in [1.29, 1.82) is 0 Å². The summed E-state index contributed by atoms with van der Waals surface area (Å²) < 4.78 is 6.44. The number of fused-ring (bicyclic) bond motifs is 16. The molecule has 0 unspecified atom stereocenters. The van der Waals surface area contributed by atoms with E-state index in [0.29, 0.717) is 0 Å². The summed E-state index contributed by atoms with van der Waals surface area (Å²) in [5.74, 6) is 0. The summed E-state index contributed by atoms with van der Waals surface area (Å²) in [7, 11) is 0. The molecular formula is C48H28O. The van der Waals surface area contributed by atoms with Crippen LogP contribution in [0.25, 0.3) is 109 Å². The molecular weight excluding hydrogens is 593 g/mol. The van der Waals surface area contributed by atoms with Crippen LogP contribution in [-0.4, -0.2) is 0 Å². The van der Waals surface area contributed by atoms with Crippen molar-refractivity contribution in [3.63, 3.8) is 0 Å². The van der Waals surface area contributed by atoms with Crippen LogP contribution in [0.5, 0.6) is 0 Å². The highest BCUT2D eigenvalue weighted by molar-refractivity contribution is 6.39. The largest absolute Gasteiger partial charge is 0.455 e. The van der Waals surface area contributed by atoms with E-state index in [2.05, 4.69) is 170 Å². The second kappa shape index (κ2) is 10.0. The van der Waals surface area contributed by atoms with Gasteiger partial charge in [-0.05, 0) is 112 Å². The van der Waals surface area contributed by atoms with Crippen molar-refractivity contribution in [1.82, 2.24) is 0 Å². The van der Waals surface area contributed by atoms with Crippen molar-refractivity contribution >= 4 is 86.6 Å². The summed E-state index contributed by atoms with van der Waals surface area (Å²) >= 11 is 0. The standard InChI is InChI=1S/C48H28O/c1-2-10-29(11-3-1)31-19-22-39-42(26-31)35-14-6-8-16-37(35)47-40-23-20-32(27-43(40)36-15-7-9-17-38(36)46(39)47)33-21-25-45-44(28-33)41-24-18-30-12-4-5-13-34(30)48(41)49-45/h1-28H. The Morgan fingerprint density at radius 2 is 0.735 bits per heavy atom. The van der Waals surface area contributed by atoms with E-state index in [1.807, 2.05) is 0 Å². The Morgan fingerprint density at radius 1 is 0.265 bits per heavy atom. The molecule has 0 bridgehead atoms. The van der Waals surface area contributed by atoms with Crippen LogP contribution < -0.4 is 0 Å². The lowest BCUT2D eigenvalue weighted by molar-refractivity contribution is 0.672. The van der Waals surface area contributed by atoms with E-state index in [0.717, 1.165) is 27.3 Å². The first-order chi connectivity index (χ1) is 24.3. The molecule has 1 aromatic heterocycles. The van der Waals surface area contributed by atoms with Gasteiger partial charge in [-0.2, -0.15) is 0 Å². The van der Waals surface area contributed by atoms with E-state index in [1.165, 1.54) is 81.5 Å². The van der Waals surface area contributed by atoms with Gasteiger partial charge in [0.15, 0.2) is 0 Å². The van der Waals surface area contributed by atoms with E-state index in [9.17, 15) is 0 Å². The average molecular weight is 621 g/mol. The van der Waals surface area contributed by atoms with E-state index < -0.39 is 0 Å². The smallest absolute Gasteiger partial charge is 0.143 e. The van der Waals surface area contributed by atoms with E-state index in [-0.39, 0.29) is 0 Å². The first kappa shape index (κ1) is 26.6. The van der Waals surface area contributed by atoms with Crippen LogP contribution in [0, 0.1) is 0 Å². The van der Waals surface area contributed by atoms with Crippen LogP contribution in [0.4, 0.5) is 0 Å². The Labute approximate surface area is 282 Å². The Kier molecular flexibility index (Phi) is 5.45. The Balaban J connectivity index is 1.20. The van der Waals surface area contributed by atoms with Gasteiger partial charge in [0.1, 0.15) is 11.2 Å². The summed E-state index contributed by atoms with van der Waals surface area (Å²) in [6.07, 6.45) is 0. The van der Waals surface area contributed by atoms with Gasteiger partial charge in [-0.15, -0.1) is 0 Å². The van der Waals surface area contributed by atoms with Crippen molar-refractivity contribution in [2.45, 2.75) is 0 Å². The molecule has 49 heavy (non-hydrogen) atoms. The second-order valence-electron chi connectivity index (χ2n) is 13.2. The van der Waals surface area contributed by atoms with E-state index >= 15 is 0 Å². The molecule has 11 rings (SSSR count). The molecule has 0 fully saturated rings. The number of benzene rings is 10.